The molecule has 0 unspecified atom stereocenters. The fourth-order valence-corrected chi connectivity index (χ4v) is 3.85. The Morgan fingerprint density at radius 1 is 0.852 bits per heavy atom. The highest BCUT2D eigenvalue weighted by Gasteiger charge is 2.38. The molecule has 0 bridgehead atoms. The van der Waals surface area contributed by atoms with Gasteiger partial charge < -0.3 is 4.90 Å². The third kappa shape index (κ3) is 3.74. The van der Waals surface area contributed by atoms with Gasteiger partial charge in [0.25, 0.3) is 0 Å². The molecule has 1 heterocycles. The standard InChI is InChI=1S/C19H26N4O4/c1-3-11-20-17(25)21(12-4-2)19(27)22(18(20)26)13-16(24)23(15-9-10-15)14-7-5-6-8-14/h3-4,14-15H,1-2,5-13H2. The molecule has 27 heavy (non-hydrogen) atoms. The third-order valence-corrected chi connectivity index (χ3v) is 5.25. The van der Waals surface area contributed by atoms with Crippen molar-refractivity contribution < 1.29 is 4.79 Å². The molecular formula is C19H26N4O4. The van der Waals surface area contributed by atoms with Crippen LogP contribution in [-0.2, 0) is 24.4 Å². The summed E-state index contributed by atoms with van der Waals surface area (Å²) < 4.78 is 2.70. The Hall–Kier alpha value is -2.64. The Morgan fingerprint density at radius 3 is 1.74 bits per heavy atom. The van der Waals surface area contributed by atoms with Crippen LogP contribution in [0.15, 0.2) is 39.7 Å². The first-order valence-corrected chi connectivity index (χ1v) is 9.47. The number of hydrogen-bond donors (Lipinski definition) is 0. The monoisotopic (exact) mass is 374 g/mol. The molecule has 0 radical (unpaired) electrons. The van der Waals surface area contributed by atoms with Crippen molar-refractivity contribution in [3.63, 3.8) is 0 Å². The maximum atomic E-state index is 13.0. The smallest absolute Gasteiger partial charge is 0.335 e. The maximum absolute atomic E-state index is 13.0. The van der Waals surface area contributed by atoms with E-state index >= 15 is 0 Å². The largest absolute Gasteiger partial charge is 0.337 e. The van der Waals surface area contributed by atoms with Gasteiger partial charge >= 0.3 is 17.1 Å². The summed E-state index contributed by atoms with van der Waals surface area (Å²) in [5, 5.41) is 0. The van der Waals surface area contributed by atoms with E-state index in [9.17, 15) is 19.2 Å². The summed E-state index contributed by atoms with van der Waals surface area (Å²) in [5.74, 6) is -0.224. The van der Waals surface area contributed by atoms with Crippen molar-refractivity contribution in [2.24, 2.45) is 0 Å². The Morgan fingerprint density at radius 2 is 1.30 bits per heavy atom. The van der Waals surface area contributed by atoms with E-state index in [0.29, 0.717) is 0 Å². The first-order valence-electron chi connectivity index (χ1n) is 9.47. The van der Waals surface area contributed by atoms with Crippen LogP contribution in [-0.4, -0.2) is 36.6 Å². The van der Waals surface area contributed by atoms with Gasteiger partial charge in [0.05, 0.1) is 13.1 Å². The van der Waals surface area contributed by atoms with Crippen molar-refractivity contribution in [1.29, 1.82) is 0 Å². The van der Waals surface area contributed by atoms with Gasteiger partial charge in [-0.05, 0) is 25.7 Å². The number of amides is 1. The van der Waals surface area contributed by atoms with Crippen LogP contribution in [0.25, 0.3) is 0 Å². The van der Waals surface area contributed by atoms with Crippen molar-refractivity contribution in [3.05, 3.63) is 56.8 Å². The topological polar surface area (TPSA) is 86.3 Å². The Labute approximate surface area is 157 Å². The molecule has 0 spiro atoms. The molecule has 8 nitrogen and oxygen atoms in total. The molecule has 1 aromatic rings. The SMILES string of the molecule is C=CCn1c(=O)n(CC=C)c(=O)n(CC(=O)N(C2CCCC2)C2CC2)c1=O. The maximum Gasteiger partial charge on any atom is 0.337 e. The third-order valence-electron chi connectivity index (χ3n) is 5.25. The minimum Gasteiger partial charge on any atom is -0.335 e. The molecule has 2 saturated carbocycles. The second-order valence-electron chi connectivity index (χ2n) is 7.20. The van der Waals surface area contributed by atoms with Gasteiger partial charge in [-0.15, -0.1) is 13.2 Å². The molecule has 0 aliphatic heterocycles. The van der Waals surface area contributed by atoms with E-state index in [2.05, 4.69) is 13.2 Å². The molecule has 2 aliphatic carbocycles. The zero-order valence-corrected chi connectivity index (χ0v) is 15.5. The van der Waals surface area contributed by atoms with E-state index in [1.54, 1.807) is 0 Å². The molecule has 1 aromatic heterocycles. The van der Waals surface area contributed by atoms with Gasteiger partial charge in [0, 0.05) is 12.1 Å². The fourth-order valence-electron chi connectivity index (χ4n) is 3.85. The number of rotatable bonds is 8. The summed E-state index contributed by atoms with van der Waals surface area (Å²) in [5.41, 5.74) is -2.27. The summed E-state index contributed by atoms with van der Waals surface area (Å²) in [6.45, 7) is 6.69. The number of nitrogens with zero attached hydrogens (tertiary/aromatic N) is 4. The molecule has 0 aromatic carbocycles. The van der Waals surface area contributed by atoms with E-state index in [4.69, 9.17) is 0 Å². The van der Waals surface area contributed by atoms with Crippen molar-refractivity contribution in [3.8, 4) is 0 Å². The molecular weight excluding hydrogens is 348 g/mol. The molecule has 3 rings (SSSR count). The minimum atomic E-state index is -0.777. The number of allylic oxidation sites excluding steroid dienone is 2. The van der Waals surface area contributed by atoms with E-state index in [1.807, 2.05) is 4.90 Å². The van der Waals surface area contributed by atoms with Gasteiger partial charge in [0.1, 0.15) is 6.54 Å². The van der Waals surface area contributed by atoms with Crippen molar-refractivity contribution in [1.82, 2.24) is 18.6 Å². The van der Waals surface area contributed by atoms with Gasteiger partial charge in [-0.3, -0.25) is 4.79 Å². The van der Waals surface area contributed by atoms with Crippen molar-refractivity contribution in [2.45, 2.75) is 70.2 Å². The van der Waals surface area contributed by atoms with Gasteiger partial charge in [0.15, 0.2) is 0 Å². The highest BCUT2D eigenvalue weighted by atomic mass is 16.2. The summed E-state index contributed by atoms with van der Waals surface area (Å²) in [6, 6.07) is 0.404. The normalized spacial score (nSPS) is 17.0. The highest BCUT2D eigenvalue weighted by Crippen LogP contribution is 2.34. The van der Waals surface area contributed by atoms with Crippen LogP contribution in [0.4, 0.5) is 0 Å². The van der Waals surface area contributed by atoms with Crippen molar-refractivity contribution in [2.75, 3.05) is 0 Å². The number of hydrogen-bond acceptors (Lipinski definition) is 4. The predicted molar refractivity (Wildman–Crippen MR) is 102 cm³/mol. The molecule has 0 atom stereocenters. The number of aromatic nitrogens is 3. The van der Waals surface area contributed by atoms with Gasteiger partial charge in [0.2, 0.25) is 5.91 Å². The van der Waals surface area contributed by atoms with Gasteiger partial charge in [-0.1, -0.05) is 25.0 Å². The van der Waals surface area contributed by atoms with Crippen molar-refractivity contribution >= 4 is 5.91 Å². The highest BCUT2D eigenvalue weighted by molar-refractivity contribution is 5.77. The average Bonchev–Trinajstić information content (AvgIpc) is 3.33. The summed E-state index contributed by atoms with van der Waals surface area (Å²) in [7, 11) is 0. The molecule has 8 heteroatoms. The number of carbonyl (C=O) groups is 1. The lowest BCUT2D eigenvalue weighted by molar-refractivity contribution is -0.135. The minimum absolute atomic E-state index is 0.0295. The summed E-state index contributed by atoms with van der Waals surface area (Å²) >= 11 is 0. The van der Waals surface area contributed by atoms with Crippen LogP contribution >= 0.6 is 0 Å². The molecule has 2 aliphatic rings. The van der Waals surface area contributed by atoms with Gasteiger partial charge in [-0.25, -0.2) is 28.1 Å². The quantitative estimate of drug-likeness (QED) is 0.619. The molecule has 0 saturated heterocycles. The van der Waals surface area contributed by atoms with E-state index < -0.39 is 17.1 Å². The van der Waals surface area contributed by atoms with Crippen LogP contribution in [0.5, 0.6) is 0 Å². The second-order valence-corrected chi connectivity index (χ2v) is 7.20. The summed E-state index contributed by atoms with van der Waals surface area (Å²) in [6.07, 6.45) is 8.87. The predicted octanol–water partition coefficient (Wildman–Crippen LogP) is 0.477. The molecule has 2 fully saturated rings. The van der Waals surface area contributed by atoms with E-state index in [1.165, 1.54) is 12.2 Å². The first kappa shape index (κ1) is 19.1. The Balaban J connectivity index is 1.99. The Kier molecular flexibility index (Phi) is 5.62. The lowest BCUT2D eigenvalue weighted by Gasteiger charge is -2.29. The Bertz CT molecular complexity index is 865. The van der Waals surface area contributed by atoms with Crippen LogP contribution in [0.2, 0.25) is 0 Å². The van der Waals surface area contributed by atoms with Crippen LogP contribution in [0, 0.1) is 0 Å². The van der Waals surface area contributed by atoms with Crippen LogP contribution < -0.4 is 17.1 Å². The molecule has 146 valence electrons. The average molecular weight is 374 g/mol. The molecule has 1 amide bonds. The number of carbonyl (C=O) groups excluding carboxylic acids is 1. The zero-order chi connectivity index (χ0) is 19.6. The lowest BCUT2D eigenvalue weighted by atomic mass is 10.2. The van der Waals surface area contributed by atoms with Crippen LogP contribution in [0.3, 0.4) is 0 Å². The van der Waals surface area contributed by atoms with Crippen LogP contribution in [0.1, 0.15) is 38.5 Å². The lowest BCUT2D eigenvalue weighted by Crippen LogP contribution is -2.56. The summed E-state index contributed by atoms with van der Waals surface area (Å²) in [4.78, 5) is 52.7. The zero-order valence-electron chi connectivity index (χ0n) is 15.5. The van der Waals surface area contributed by atoms with Gasteiger partial charge in [-0.2, -0.15) is 0 Å². The van der Waals surface area contributed by atoms with E-state index in [-0.39, 0.29) is 37.6 Å². The fraction of sp³-hybridized carbons (Fsp3) is 0.579. The first-order chi connectivity index (χ1) is 13.0. The molecule has 0 N–H and O–H groups in total. The second kappa shape index (κ2) is 7.94. The van der Waals surface area contributed by atoms with E-state index in [0.717, 1.165) is 52.2 Å².